The Morgan fingerprint density at radius 2 is 2.39 bits per heavy atom. The minimum atomic E-state index is -3.05. The number of thioether (sulfide) groups is 1. The summed E-state index contributed by atoms with van der Waals surface area (Å²) in [6.07, 6.45) is 2.90. The molecule has 1 saturated heterocycles. The molecule has 0 spiro atoms. The highest BCUT2D eigenvalue weighted by Gasteiger charge is 2.31. The molecule has 102 valence electrons. The first-order valence-electron chi connectivity index (χ1n) is 5.78. The molecule has 1 fully saturated rings. The van der Waals surface area contributed by atoms with Crippen molar-refractivity contribution in [3.63, 3.8) is 0 Å². The third-order valence-electron chi connectivity index (χ3n) is 3.08. The number of hydrogen-bond acceptors (Lipinski definition) is 6. The van der Waals surface area contributed by atoms with Crippen LogP contribution in [-0.2, 0) is 22.9 Å². The van der Waals surface area contributed by atoms with Gasteiger partial charge < -0.3 is 10.2 Å². The van der Waals surface area contributed by atoms with E-state index in [9.17, 15) is 8.42 Å². The second-order valence-corrected chi connectivity index (χ2v) is 7.76. The average Bonchev–Trinajstić information content (AvgIpc) is 2.75. The summed E-state index contributed by atoms with van der Waals surface area (Å²) >= 11 is 1.69. The Balaban J connectivity index is 2.15. The van der Waals surface area contributed by atoms with Crippen LogP contribution < -0.4 is 5.73 Å². The molecule has 1 aliphatic rings. The Kier molecular flexibility index (Phi) is 4.37. The predicted molar refractivity (Wildman–Crippen MR) is 73.0 cm³/mol. The molecule has 5 nitrogen and oxygen atoms in total. The third-order valence-corrected chi connectivity index (χ3v) is 5.77. The van der Waals surface area contributed by atoms with Crippen molar-refractivity contribution < 1.29 is 12.8 Å². The van der Waals surface area contributed by atoms with Crippen molar-refractivity contribution in [3.8, 4) is 0 Å². The fourth-order valence-electron chi connectivity index (χ4n) is 2.10. The second-order valence-electron chi connectivity index (χ2n) is 4.40. The third kappa shape index (κ3) is 3.09. The van der Waals surface area contributed by atoms with Crippen molar-refractivity contribution in [3.05, 3.63) is 23.7 Å². The fraction of sp³-hybridized carbons (Fsp3) is 0.636. The maximum Gasteiger partial charge on any atom is 0.164 e. The van der Waals surface area contributed by atoms with Crippen molar-refractivity contribution >= 4 is 21.6 Å². The van der Waals surface area contributed by atoms with Crippen LogP contribution in [0.25, 0.3) is 0 Å². The van der Waals surface area contributed by atoms with E-state index >= 15 is 0 Å². The van der Waals surface area contributed by atoms with Gasteiger partial charge in [-0.25, -0.2) is 8.42 Å². The highest BCUT2D eigenvalue weighted by atomic mass is 32.2. The van der Waals surface area contributed by atoms with Gasteiger partial charge in [0.1, 0.15) is 11.1 Å². The molecule has 1 aromatic rings. The molecule has 18 heavy (non-hydrogen) atoms. The topological polar surface area (TPSA) is 76.5 Å². The molecule has 0 bridgehead atoms. The van der Waals surface area contributed by atoms with Gasteiger partial charge in [-0.05, 0) is 6.07 Å². The van der Waals surface area contributed by atoms with E-state index in [-0.39, 0.29) is 0 Å². The van der Waals surface area contributed by atoms with Gasteiger partial charge in [-0.3, -0.25) is 4.90 Å². The molecule has 0 saturated carbocycles. The van der Waals surface area contributed by atoms with Gasteiger partial charge in [0.2, 0.25) is 0 Å². The Bertz CT molecular complexity index is 498. The summed E-state index contributed by atoms with van der Waals surface area (Å²) in [7, 11) is -3.05. The van der Waals surface area contributed by atoms with Gasteiger partial charge in [0.05, 0.1) is 12.8 Å². The van der Waals surface area contributed by atoms with Crippen LogP contribution in [0.4, 0.5) is 0 Å². The van der Waals surface area contributed by atoms with Crippen LogP contribution in [0.3, 0.4) is 0 Å². The standard InChI is InChI=1S/C11H18N2O3S2/c1-18(14,15)11-8-17-5-3-13(11)7-9-2-4-16-10(9)6-12/h2,4,11H,3,5-8,12H2,1H3. The van der Waals surface area contributed by atoms with Gasteiger partial charge in [-0.15, -0.1) is 0 Å². The number of rotatable bonds is 4. The van der Waals surface area contributed by atoms with Gasteiger partial charge in [0.25, 0.3) is 0 Å². The molecular weight excluding hydrogens is 272 g/mol. The van der Waals surface area contributed by atoms with Gasteiger partial charge in [0.15, 0.2) is 9.84 Å². The molecule has 0 radical (unpaired) electrons. The summed E-state index contributed by atoms with van der Waals surface area (Å²) in [5.74, 6) is 2.33. The minimum absolute atomic E-state index is 0.342. The van der Waals surface area contributed by atoms with Crippen molar-refractivity contribution in [1.82, 2.24) is 4.90 Å². The van der Waals surface area contributed by atoms with Crippen LogP contribution in [0.1, 0.15) is 11.3 Å². The quantitative estimate of drug-likeness (QED) is 0.878. The molecule has 1 aliphatic heterocycles. The largest absolute Gasteiger partial charge is 0.468 e. The van der Waals surface area contributed by atoms with Crippen molar-refractivity contribution in [2.75, 3.05) is 24.3 Å². The highest BCUT2D eigenvalue weighted by molar-refractivity contribution is 8.00. The molecule has 0 aliphatic carbocycles. The fourth-order valence-corrected chi connectivity index (χ4v) is 5.04. The van der Waals surface area contributed by atoms with Crippen molar-refractivity contribution in [2.24, 2.45) is 5.73 Å². The predicted octanol–water partition coefficient (Wildman–Crippen LogP) is 0.658. The first kappa shape index (κ1) is 13.9. The second kappa shape index (κ2) is 5.64. The lowest BCUT2D eigenvalue weighted by atomic mass is 10.2. The van der Waals surface area contributed by atoms with E-state index in [0.717, 1.165) is 23.6 Å². The molecule has 0 amide bonds. The molecule has 1 atom stereocenters. The van der Waals surface area contributed by atoms with E-state index in [2.05, 4.69) is 0 Å². The number of nitrogens with zero attached hydrogens (tertiary/aromatic N) is 1. The van der Waals surface area contributed by atoms with Crippen molar-refractivity contribution in [1.29, 1.82) is 0 Å². The zero-order chi connectivity index (χ0) is 13.2. The number of nitrogens with two attached hydrogens (primary N) is 1. The normalized spacial score (nSPS) is 22.2. The Hall–Kier alpha value is -0.500. The Labute approximate surface area is 112 Å². The summed E-state index contributed by atoms with van der Waals surface area (Å²) in [6, 6.07) is 1.86. The van der Waals surface area contributed by atoms with E-state index in [0.29, 0.717) is 18.8 Å². The zero-order valence-electron chi connectivity index (χ0n) is 10.3. The Morgan fingerprint density at radius 1 is 1.61 bits per heavy atom. The molecule has 7 heteroatoms. The lowest BCUT2D eigenvalue weighted by Gasteiger charge is -2.33. The molecule has 2 heterocycles. The van der Waals surface area contributed by atoms with E-state index in [1.54, 1.807) is 18.0 Å². The molecule has 0 aromatic carbocycles. The van der Waals surface area contributed by atoms with Gasteiger partial charge in [0, 0.05) is 36.4 Å². The van der Waals surface area contributed by atoms with Crippen LogP contribution in [0, 0.1) is 0 Å². The summed E-state index contributed by atoms with van der Waals surface area (Å²) < 4.78 is 28.8. The lowest BCUT2D eigenvalue weighted by molar-refractivity contribution is 0.260. The van der Waals surface area contributed by atoms with E-state index in [1.807, 2.05) is 11.0 Å². The molecule has 1 unspecified atom stereocenters. The van der Waals surface area contributed by atoms with E-state index in [1.165, 1.54) is 6.26 Å². The van der Waals surface area contributed by atoms with E-state index in [4.69, 9.17) is 10.2 Å². The monoisotopic (exact) mass is 290 g/mol. The van der Waals surface area contributed by atoms with Crippen molar-refractivity contribution in [2.45, 2.75) is 18.5 Å². The smallest absolute Gasteiger partial charge is 0.164 e. The summed E-state index contributed by atoms with van der Waals surface area (Å²) in [5, 5.41) is -0.406. The zero-order valence-corrected chi connectivity index (χ0v) is 12.0. The Morgan fingerprint density at radius 3 is 3.06 bits per heavy atom. The minimum Gasteiger partial charge on any atom is -0.468 e. The first-order chi connectivity index (χ1) is 8.52. The van der Waals surface area contributed by atoms with Gasteiger partial charge in [-0.1, -0.05) is 0 Å². The van der Waals surface area contributed by atoms with E-state index < -0.39 is 15.2 Å². The van der Waals surface area contributed by atoms with Gasteiger partial charge in [-0.2, -0.15) is 11.8 Å². The maximum absolute atomic E-state index is 11.8. The summed E-state index contributed by atoms with van der Waals surface area (Å²) in [4.78, 5) is 2.00. The highest BCUT2D eigenvalue weighted by Crippen LogP contribution is 2.23. The van der Waals surface area contributed by atoms with Gasteiger partial charge >= 0.3 is 0 Å². The van der Waals surface area contributed by atoms with Crippen LogP contribution in [0.15, 0.2) is 16.7 Å². The molecule has 1 aromatic heterocycles. The SMILES string of the molecule is CS(=O)(=O)C1CSCCN1Cc1ccoc1CN. The van der Waals surface area contributed by atoms with Crippen LogP contribution >= 0.6 is 11.8 Å². The van der Waals surface area contributed by atoms with Crippen LogP contribution in [-0.4, -0.2) is 43.0 Å². The molecular formula is C11H18N2O3S2. The maximum atomic E-state index is 11.8. The van der Waals surface area contributed by atoms with Crippen LogP contribution in [0.2, 0.25) is 0 Å². The van der Waals surface area contributed by atoms with Crippen LogP contribution in [0.5, 0.6) is 0 Å². The first-order valence-corrected chi connectivity index (χ1v) is 8.89. The number of sulfone groups is 1. The lowest BCUT2D eigenvalue weighted by Crippen LogP contribution is -2.46. The average molecular weight is 290 g/mol. The summed E-state index contributed by atoms with van der Waals surface area (Å²) in [5.41, 5.74) is 6.57. The summed E-state index contributed by atoms with van der Waals surface area (Å²) in [6.45, 7) is 1.70. The molecule has 2 N–H and O–H groups in total. The molecule has 2 rings (SSSR count). The number of hydrogen-bond donors (Lipinski definition) is 1. The number of furan rings is 1.